The van der Waals surface area contributed by atoms with E-state index in [2.05, 4.69) is 10.2 Å². The largest absolute Gasteiger partial charge is 0.508 e. The van der Waals surface area contributed by atoms with E-state index in [1.807, 2.05) is 30.3 Å². The number of benzene rings is 2. The van der Waals surface area contributed by atoms with Crippen molar-refractivity contribution >= 4 is 11.9 Å². The summed E-state index contributed by atoms with van der Waals surface area (Å²) in [6, 6.07) is 16.8. The molecule has 2 N–H and O–H groups in total. The van der Waals surface area contributed by atoms with E-state index in [0.29, 0.717) is 26.1 Å². The molecule has 178 valence electrons. The van der Waals surface area contributed by atoms with Crippen molar-refractivity contribution in [3.05, 3.63) is 65.7 Å². The first-order chi connectivity index (χ1) is 16.0. The third-order valence-corrected chi connectivity index (χ3v) is 6.02. The third-order valence-electron chi connectivity index (χ3n) is 6.02. The highest BCUT2D eigenvalue weighted by Crippen LogP contribution is 2.19. The van der Waals surface area contributed by atoms with Crippen LogP contribution in [0, 0.1) is 5.92 Å². The minimum atomic E-state index is -0.512. The number of likely N-dealkylation sites (N-methyl/N-ethyl adjacent to an activating group) is 1. The zero-order chi connectivity index (χ0) is 23.5. The Morgan fingerprint density at radius 2 is 1.76 bits per heavy atom. The van der Waals surface area contributed by atoms with E-state index >= 15 is 0 Å². The second kappa shape index (κ2) is 13.0. The van der Waals surface area contributed by atoms with Crippen molar-refractivity contribution in [1.82, 2.24) is 15.1 Å². The highest BCUT2D eigenvalue weighted by molar-refractivity contribution is 5.84. The van der Waals surface area contributed by atoms with Gasteiger partial charge in [0.2, 0.25) is 5.91 Å². The van der Waals surface area contributed by atoms with Gasteiger partial charge >= 0.3 is 5.97 Å². The number of aromatic hydroxyl groups is 1. The molecule has 1 aliphatic heterocycles. The normalized spacial score (nSPS) is 15.1. The van der Waals surface area contributed by atoms with Crippen molar-refractivity contribution in [2.45, 2.75) is 19.3 Å². The monoisotopic (exact) mass is 453 g/mol. The lowest BCUT2D eigenvalue weighted by Crippen LogP contribution is -2.44. The Labute approximate surface area is 196 Å². The van der Waals surface area contributed by atoms with Gasteiger partial charge in [-0.05, 0) is 36.1 Å². The second-order valence-electron chi connectivity index (χ2n) is 8.58. The number of phenols is 1. The van der Waals surface area contributed by atoms with Crippen LogP contribution in [0.15, 0.2) is 54.6 Å². The van der Waals surface area contributed by atoms with Gasteiger partial charge in [-0.2, -0.15) is 0 Å². The number of amides is 1. The summed E-state index contributed by atoms with van der Waals surface area (Å²) in [4.78, 5) is 29.8. The number of nitrogens with one attached hydrogen (secondary N) is 1. The molecule has 0 aromatic heterocycles. The van der Waals surface area contributed by atoms with Crippen molar-refractivity contribution in [1.29, 1.82) is 0 Å². The quantitative estimate of drug-likeness (QED) is 0.507. The molecule has 0 spiro atoms. The number of nitrogens with zero attached hydrogens (tertiary/aromatic N) is 2. The highest BCUT2D eigenvalue weighted by Gasteiger charge is 2.26. The van der Waals surface area contributed by atoms with Gasteiger partial charge in [0.25, 0.3) is 0 Å². The average Bonchev–Trinajstić information content (AvgIpc) is 2.84. The Morgan fingerprint density at radius 3 is 2.45 bits per heavy atom. The molecule has 1 heterocycles. The van der Waals surface area contributed by atoms with Crippen LogP contribution in [0.2, 0.25) is 0 Å². The Bertz CT molecular complexity index is 867. The second-order valence-corrected chi connectivity index (χ2v) is 8.58. The molecule has 1 atom stereocenters. The Hall–Kier alpha value is -2.90. The first-order valence-electron chi connectivity index (χ1n) is 11.7. The van der Waals surface area contributed by atoms with Gasteiger partial charge < -0.3 is 20.1 Å². The van der Waals surface area contributed by atoms with Gasteiger partial charge in [0.15, 0.2) is 0 Å². The molecule has 1 fully saturated rings. The van der Waals surface area contributed by atoms with Crippen LogP contribution in [0.5, 0.6) is 5.75 Å². The molecular weight excluding hydrogens is 418 g/mol. The smallest absolute Gasteiger partial charge is 0.306 e. The predicted molar refractivity (Wildman–Crippen MR) is 128 cm³/mol. The van der Waals surface area contributed by atoms with Crippen LogP contribution >= 0.6 is 0 Å². The van der Waals surface area contributed by atoms with Crippen LogP contribution in [0.3, 0.4) is 0 Å². The molecule has 1 amide bonds. The van der Waals surface area contributed by atoms with Gasteiger partial charge in [0.05, 0.1) is 12.3 Å². The molecule has 3 rings (SSSR count). The molecular formula is C26H35N3O4. The van der Waals surface area contributed by atoms with Crippen LogP contribution in [0.1, 0.15) is 17.5 Å². The van der Waals surface area contributed by atoms with Gasteiger partial charge in [-0.3, -0.25) is 14.5 Å². The summed E-state index contributed by atoms with van der Waals surface area (Å²) in [6.07, 6.45) is 1.21. The summed E-state index contributed by atoms with van der Waals surface area (Å²) in [6.45, 7) is 5.42. The Morgan fingerprint density at radius 1 is 1.06 bits per heavy atom. The first kappa shape index (κ1) is 24.7. The fraction of sp³-hybridized carbons (Fsp3) is 0.462. The van der Waals surface area contributed by atoms with Crippen molar-refractivity contribution in [3.8, 4) is 5.75 Å². The number of carbonyl (C=O) groups excluding carboxylic acids is 2. The van der Waals surface area contributed by atoms with E-state index < -0.39 is 5.92 Å². The molecule has 0 saturated carbocycles. The standard InChI is InChI=1S/C26H35N3O4/c1-28(14-11-21-5-3-2-4-6-21)26(32)23(19-22-7-9-24(30)10-8-22)20-25(31)33-18-17-29-15-12-27-13-16-29/h2-10,23,27,30H,11-20H2,1H3/t23-/m1/s1. The van der Waals surface area contributed by atoms with Gasteiger partial charge in [-0.25, -0.2) is 0 Å². The zero-order valence-electron chi connectivity index (χ0n) is 19.4. The summed E-state index contributed by atoms with van der Waals surface area (Å²) in [5.41, 5.74) is 2.07. The number of hydrogen-bond donors (Lipinski definition) is 2. The van der Waals surface area contributed by atoms with Gasteiger partial charge in [0, 0.05) is 46.3 Å². The number of esters is 1. The number of rotatable bonds is 11. The predicted octanol–water partition coefficient (Wildman–Crippen LogP) is 2.09. The number of carbonyl (C=O) groups is 2. The van der Waals surface area contributed by atoms with Crippen molar-refractivity contribution in [2.75, 3.05) is 52.9 Å². The summed E-state index contributed by atoms with van der Waals surface area (Å²) < 4.78 is 5.48. The van der Waals surface area contributed by atoms with Crippen LogP contribution in [0.25, 0.3) is 0 Å². The number of hydrogen-bond acceptors (Lipinski definition) is 6. The fourth-order valence-electron chi connectivity index (χ4n) is 4.01. The minimum absolute atomic E-state index is 0.0386. The molecule has 7 heteroatoms. The molecule has 0 unspecified atom stereocenters. The number of phenolic OH excluding ortho intramolecular Hbond substituents is 1. The average molecular weight is 454 g/mol. The molecule has 0 bridgehead atoms. The zero-order valence-corrected chi connectivity index (χ0v) is 19.4. The lowest BCUT2D eigenvalue weighted by atomic mass is 9.94. The summed E-state index contributed by atoms with van der Waals surface area (Å²) in [5, 5.41) is 12.9. The maximum atomic E-state index is 13.2. The number of ether oxygens (including phenoxy) is 1. The lowest BCUT2D eigenvalue weighted by molar-refractivity contribution is -0.149. The Balaban J connectivity index is 1.56. The van der Waals surface area contributed by atoms with E-state index in [4.69, 9.17) is 4.74 Å². The molecule has 0 radical (unpaired) electrons. The molecule has 1 saturated heterocycles. The van der Waals surface area contributed by atoms with Crippen LogP contribution in [0.4, 0.5) is 0 Å². The minimum Gasteiger partial charge on any atom is -0.508 e. The SMILES string of the molecule is CN(CCc1ccccc1)C(=O)[C@@H](CC(=O)OCCN1CCNCC1)Cc1ccc(O)cc1. The summed E-state index contributed by atoms with van der Waals surface area (Å²) in [5.74, 6) is -0.757. The van der Waals surface area contributed by atoms with E-state index in [9.17, 15) is 14.7 Å². The molecule has 2 aromatic carbocycles. The lowest BCUT2D eigenvalue weighted by Gasteiger charge is -2.27. The molecule has 7 nitrogen and oxygen atoms in total. The fourth-order valence-corrected chi connectivity index (χ4v) is 4.01. The number of piperazine rings is 1. The van der Waals surface area contributed by atoms with Crippen LogP contribution in [-0.2, 0) is 27.2 Å². The molecule has 0 aliphatic carbocycles. The van der Waals surface area contributed by atoms with E-state index in [-0.39, 0.29) is 24.0 Å². The summed E-state index contributed by atoms with van der Waals surface area (Å²) >= 11 is 0. The van der Waals surface area contributed by atoms with E-state index in [1.54, 1.807) is 36.2 Å². The van der Waals surface area contributed by atoms with Crippen molar-refractivity contribution < 1.29 is 19.4 Å². The van der Waals surface area contributed by atoms with E-state index in [0.717, 1.165) is 38.2 Å². The molecule has 2 aromatic rings. The van der Waals surface area contributed by atoms with Crippen molar-refractivity contribution in [2.24, 2.45) is 5.92 Å². The van der Waals surface area contributed by atoms with Crippen molar-refractivity contribution in [3.63, 3.8) is 0 Å². The maximum Gasteiger partial charge on any atom is 0.306 e. The van der Waals surface area contributed by atoms with Gasteiger partial charge in [-0.15, -0.1) is 0 Å². The topological polar surface area (TPSA) is 82.1 Å². The highest BCUT2D eigenvalue weighted by atomic mass is 16.5. The van der Waals surface area contributed by atoms with Crippen LogP contribution < -0.4 is 5.32 Å². The first-order valence-corrected chi connectivity index (χ1v) is 11.7. The van der Waals surface area contributed by atoms with E-state index in [1.165, 1.54) is 5.56 Å². The molecule has 33 heavy (non-hydrogen) atoms. The third kappa shape index (κ3) is 8.51. The Kier molecular flexibility index (Phi) is 9.72. The van der Waals surface area contributed by atoms with Gasteiger partial charge in [-0.1, -0.05) is 42.5 Å². The molecule has 1 aliphatic rings. The van der Waals surface area contributed by atoms with Gasteiger partial charge in [0.1, 0.15) is 12.4 Å². The van der Waals surface area contributed by atoms with Crippen LogP contribution in [-0.4, -0.2) is 79.7 Å². The maximum absolute atomic E-state index is 13.2. The summed E-state index contributed by atoms with van der Waals surface area (Å²) in [7, 11) is 1.78.